The maximum absolute atomic E-state index is 13.9. The van der Waals surface area contributed by atoms with Crippen molar-refractivity contribution in [3.63, 3.8) is 0 Å². The summed E-state index contributed by atoms with van der Waals surface area (Å²) in [5.74, 6) is -0.491. The highest BCUT2D eigenvalue weighted by molar-refractivity contribution is 5.87. The lowest BCUT2D eigenvalue weighted by molar-refractivity contribution is -0.130. The first-order valence-corrected chi connectivity index (χ1v) is 9.29. The second-order valence-corrected chi connectivity index (χ2v) is 7.46. The van der Waals surface area contributed by atoms with Crippen molar-refractivity contribution in [2.45, 2.75) is 31.3 Å². The topological polar surface area (TPSA) is 70.8 Å². The Labute approximate surface area is 190 Å². The molecule has 2 saturated heterocycles. The first-order valence-electron chi connectivity index (χ1n) is 9.29. The molecule has 1 aromatic rings. The van der Waals surface area contributed by atoms with Crippen LogP contribution in [0.2, 0.25) is 0 Å². The molecule has 1 amide bonds. The number of ether oxygens (including phenoxy) is 1. The van der Waals surface area contributed by atoms with Gasteiger partial charge in [-0.3, -0.25) is 4.79 Å². The second-order valence-electron chi connectivity index (χ2n) is 7.46. The Hall–Kier alpha value is -0.830. The highest BCUT2D eigenvalue weighted by Crippen LogP contribution is 2.29. The normalized spacial score (nSPS) is 19.8. The molecule has 29 heavy (non-hydrogen) atoms. The van der Waals surface area contributed by atoms with E-state index in [1.165, 1.54) is 12.1 Å². The van der Waals surface area contributed by atoms with Crippen molar-refractivity contribution < 1.29 is 13.9 Å². The zero-order chi connectivity index (χ0) is 18.7. The summed E-state index contributed by atoms with van der Waals surface area (Å²) < 4.78 is 19.2. The highest BCUT2D eigenvalue weighted by Gasteiger charge is 2.36. The minimum absolute atomic E-state index is 0. The van der Waals surface area contributed by atoms with E-state index in [1.807, 2.05) is 13.0 Å². The van der Waals surface area contributed by atoms with Crippen molar-refractivity contribution in [3.8, 4) is 0 Å². The van der Waals surface area contributed by atoms with Gasteiger partial charge >= 0.3 is 0 Å². The summed E-state index contributed by atoms with van der Waals surface area (Å²) in [5.41, 5.74) is 7.13. The molecule has 0 radical (unpaired) electrons. The molecule has 2 aliphatic rings. The van der Waals surface area contributed by atoms with E-state index in [0.29, 0.717) is 26.1 Å². The van der Waals surface area contributed by atoms with Crippen LogP contribution in [0.25, 0.3) is 0 Å². The lowest BCUT2D eigenvalue weighted by Gasteiger charge is -2.37. The molecule has 2 aliphatic heterocycles. The summed E-state index contributed by atoms with van der Waals surface area (Å²) in [6.07, 6.45) is 1.00. The van der Waals surface area contributed by atoms with Crippen molar-refractivity contribution in [1.29, 1.82) is 0 Å². The van der Waals surface area contributed by atoms with Crippen LogP contribution < -0.4 is 16.0 Å². The number of carbonyl (C=O) groups is 1. The number of hydrogen-bond donors (Lipinski definition) is 2. The van der Waals surface area contributed by atoms with E-state index in [1.54, 1.807) is 0 Å². The molecule has 1 unspecified atom stereocenters. The van der Waals surface area contributed by atoms with Crippen molar-refractivity contribution in [2.75, 3.05) is 51.3 Å². The third-order valence-electron chi connectivity index (χ3n) is 5.48. The minimum atomic E-state index is -0.909. The molecule has 0 bridgehead atoms. The molecule has 2 heterocycles. The lowest BCUT2D eigenvalue weighted by atomic mass is 9.89. The van der Waals surface area contributed by atoms with E-state index in [2.05, 4.69) is 22.2 Å². The number of nitrogens with zero attached hydrogens (tertiary/aromatic N) is 2. The Balaban J connectivity index is 0.00000261. The van der Waals surface area contributed by atoms with Gasteiger partial charge in [0.25, 0.3) is 0 Å². The van der Waals surface area contributed by atoms with E-state index in [-0.39, 0.29) is 55.0 Å². The molecule has 3 N–H and O–H groups in total. The Kier molecular flexibility index (Phi) is 11.8. The smallest absolute Gasteiger partial charge is 0.240 e. The van der Waals surface area contributed by atoms with Gasteiger partial charge in [-0.2, -0.15) is 0 Å². The summed E-state index contributed by atoms with van der Waals surface area (Å²) in [6.45, 7) is 6.55. The molecule has 0 spiro atoms. The standard InChI is InChI=1S/C19H29FN4O2.3ClH/c1-14(22-18(25)19(21)5-11-26-12-6-19)16-13-15(20)3-4-17(16)24-9-7-23(2)8-10-24;;;/h3-4,13-14H,5-12,21H2,1-2H3,(H,22,25);3*1H. The number of piperazine rings is 1. The van der Waals surface area contributed by atoms with Crippen LogP contribution >= 0.6 is 37.2 Å². The molecule has 168 valence electrons. The molecular formula is C19H32Cl3FN4O2. The third kappa shape index (κ3) is 6.84. The molecule has 3 rings (SSSR count). The van der Waals surface area contributed by atoms with Crippen LogP contribution in [0.4, 0.5) is 10.1 Å². The third-order valence-corrected chi connectivity index (χ3v) is 5.48. The number of amides is 1. The molecule has 1 atom stereocenters. The largest absolute Gasteiger partial charge is 0.381 e. The minimum Gasteiger partial charge on any atom is -0.381 e. The summed E-state index contributed by atoms with van der Waals surface area (Å²) in [5, 5.41) is 3.00. The highest BCUT2D eigenvalue weighted by atomic mass is 35.5. The summed E-state index contributed by atoms with van der Waals surface area (Å²) >= 11 is 0. The monoisotopic (exact) mass is 472 g/mol. The predicted octanol–water partition coefficient (Wildman–Crippen LogP) is 2.53. The molecule has 0 saturated carbocycles. The number of benzene rings is 1. The van der Waals surface area contributed by atoms with E-state index in [4.69, 9.17) is 10.5 Å². The lowest BCUT2D eigenvalue weighted by Crippen LogP contribution is -2.57. The number of carbonyl (C=O) groups excluding carboxylic acids is 1. The van der Waals surface area contributed by atoms with Gasteiger partial charge in [0.2, 0.25) is 5.91 Å². The molecule has 0 aromatic heterocycles. The molecule has 2 fully saturated rings. The van der Waals surface area contributed by atoms with Gasteiger partial charge in [-0.25, -0.2) is 4.39 Å². The van der Waals surface area contributed by atoms with Crippen molar-refractivity contribution >= 4 is 48.8 Å². The van der Waals surface area contributed by atoms with Gasteiger partial charge in [0.05, 0.1) is 11.6 Å². The van der Waals surface area contributed by atoms with Gasteiger partial charge < -0.3 is 25.6 Å². The molecule has 6 nitrogen and oxygen atoms in total. The molecule has 10 heteroatoms. The maximum Gasteiger partial charge on any atom is 0.240 e. The first-order chi connectivity index (χ1) is 12.4. The maximum atomic E-state index is 13.9. The average Bonchev–Trinajstić information content (AvgIpc) is 2.63. The number of nitrogens with one attached hydrogen (secondary N) is 1. The summed E-state index contributed by atoms with van der Waals surface area (Å²) in [4.78, 5) is 17.2. The van der Waals surface area contributed by atoms with Gasteiger partial charge in [-0.15, -0.1) is 37.2 Å². The number of halogens is 4. The SMILES string of the molecule is CC(NC(=O)C1(N)CCOCC1)c1cc(F)ccc1N1CCN(C)CC1.Cl.Cl.Cl. The molecular weight excluding hydrogens is 442 g/mol. The van der Waals surface area contributed by atoms with Crippen LogP contribution in [0.5, 0.6) is 0 Å². The first kappa shape index (κ1) is 28.2. The van der Waals surface area contributed by atoms with Crippen LogP contribution in [-0.2, 0) is 9.53 Å². The van der Waals surface area contributed by atoms with E-state index < -0.39 is 5.54 Å². The van der Waals surface area contributed by atoms with E-state index >= 15 is 0 Å². The van der Waals surface area contributed by atoms with E-state index in [0.717, 1.165) is 37.4 Å². The fraction of sp³-hybridized carbons (Fsp3) is 0.632. The zero-order valence-corrected chi connectivity index (χ0v) is 19.3. The Morgan fingerprint density at radius 2 is 1.76 bits per heavy atom. The van der Waals surface area contributed by atoms with Gasteiger partial charge in [-0.1, -0.05) is 0 Å². The van der Waals surface area contributed by atoms with Gasteiger partial charge in [-0.05, 0) is 45.0 Å². The number of nitrogens with two attached hydrogens (primary N) is 1. The average molecular weight is 474 g/mol. The number of likely N-dealkylation sites (N-methyl/N-ethyl adjacent to an activating group) is 1. The van der Waals surface area contributed by atoms with E-state index in [9.17, 15) is 9.18 Å². The molecule has 0 aliphatic carbocycles. The fourth-order valence-corrected chi connectivity index (χ4v) is 3.59. The molecule has 1 aromatic carbocycles. The summed E-state index contributed by atoms with van der Waals surface area (Å²) in [7, 11) is 2.10. The van der Waals surface area contributed by atoms with Gasteiger partial charge in [0, 0.05) is 50.6 Å². The Morgan fingerprint density at radius 1 is 1.17 bits per heavy atom. The zero-order valence-electron chi connectivity index (χ0n) is 16.9. The number of anilines is 1. The number of rotatable bonds is 4. The van der Waals surface area contributed by atoms with Crippen LogP contribution in [0, 0.1) is 5.82 Å². The summed E-state index contributed by atoms with van der Waals surface area (Å²) in [6, 6.07) is 4.49. The van der Waals surface area contributed by atoms with Crippen molar-refractivity contribution in [1.82, 2.24) is 10.2 Å². The quantitative estimate of drug-likeness (QED) is 0.703. The van der Waals surface area contributed by atoms with Gasteiger partial charge in [0.15, 0.2) is 0 Å². The predicted molar refractivity (Wildman–Crippen MR) is 121 cm³/mol. The van der Waals surface area contributed by atoms with Crippen LogP contribution in [0.15, 0.2) is 18.2 Å². The van der Waals surface area contributed by atoms with Crippen molar-refractivity contribution in [2.24, 2.45) is 5.73 Å². The second kappa shape index (κ2) is 12.1. The van der Waals surface area contributed by atoms with Crippen LogP contribution in [-0.4, -0.2) is 62.8 Å². The van der Waals surface area contributed by atoms with Crippen molar-refractivity contribution in [3.05, 3.63) is 29.6 Å². The Morgan fingerprint density at radius 3 is 2.34 bits per heavy atom. The Bertz CT molecular complexity index is 654. The number of hydrogen-bond acceptors (Lipinski definition) is 5. The van der Waals surface area contributed by atoms with Crippen LogP contribution in [0.1, 0.15) is 31.4 Å². The van der Waals surface area contributed by atoms with Gasteiger partial charge in [0.1, 0.15) is 5.82 Å². The van der Waals surface area contributed by atoms with Crippen LogP contribution in [0.3, 0.4) is 0 Å². The fourth-order valence-electron chi connectivity index (χ4n) is 3.59.